The monoisotopic (exact) mass is 489 g/mol. The van der Waals surface area contributed by atoms with Crippen molar-refractivity contribution in [3.63, 3.8) is 0 Å². The third kappa shape index (κ3) is 4.61. The molecule has 1 spiro atoms. The predicted molar refractivity (Wildman–Crippen MR) is 142 cm³/mol. The van der Waals surface area contributed by atoms with Crippen LogP contribution in [0.1, 0.15) is 56.2 Å². The molecule has 1 saturated heterocycles. The number of hydrogen-bond acceptors (Lipinski definition) is 4. The van der Waals surface area contributed by atoms with Gasteiger partial charge in [-0.15, -0.1) is 0 Å². The van der Waals surface area contributed by atoms with Crippen molar-refractivity contribution in [3.8, 4) is 0 Å². The Balaban J connectivity index is 1.33. The van der Waals surface area contributed by atoms with Gasteiger partial charge in [0.05, 0.1) is 17.4 Å². The quantitative estimate of drug-likeness (QED) is 0.615. The molecule has 1 aliphatic heterocycles. The van der Waals surface area contributed by atoms with Gasteiger partial charge in [0.25, 0.3) is 0 Å². The number of urea groups is 1. The molecule has 192 valence electrons. The van der Waals surface area contributed by atoms with Crippen LogP contribution < -0.4 is 5.32 Å². The number of benzene rings is 1. The van der Waals surface area contributed by atoms with Gasteiger partial charge in [-0.05, 0) is 83.2 Å². The highest BCUT2D eigenvalue weighted by Gasteiger charge is 2.55. The summed E-state index contributed by atoms with van der Waals surface area (Å²) in [5.74, 6) is 0.422. The van der Waals surface area contributed by atoms with Crippen molar-refractivity contribution in [2.45, 2.75) is 62.9 Å². The zero-order chi connectivity index (χ0) is 25.3. The Hall–Kier alpha value is -2.93. The van der Waals surface area contributed by atoms with Crippen molar-refractivity contribution in [1.29, 1.82) is 0 Å². The molecule has 0 atom stereocenters. The Morgan fingerprint density at radius 2 is 1.81 bits per heavy atom. The van der Waals surface area contributed by atoms with Crippen LogP contribution in [0.4, 0.5) is 10.5 Å². The van der Waals surface area contributed by atoms with Crippen LogP contribution in [0.2, 0.25) is 0 Å². The van der Waals surface area contributed by atoms with E-state index in [4.69, 9.17) is 0 Å². The minimum absolute atomic E-state index is 0.0242. The van der Waals surface area contributed by atoms with Gasteiger partial charge < -0.3 is 15.1 Å². The van der Waals surface area contributed by atoms with E-state index in [2.05, 4.69) is 64.5 Å². The molecule has 2 aliphatic carbocycles. The van der Waals surface area contributed by atoms with E-state index in [0.717, 1.165) is 37.9 Å². The summed E-state index contributed by atoms with van der Waals surface area (Å²) in [5, 5.41) is 2.91. The lowest BCUT2D eigenvalue weighted by molar-refractivity contribution is -0.116. The van der Waals surface area contributed by atoms with Crippen LogP contribution in [-0.2, 0) is 10.3 Å². The lowest BCUT2D eigenvalue weighted by atomic mass is 9.68. The van der Waals surface area contributed by atoms with Crippen LogP contribution in [-0.4, -0.2) is 70.9 Å². The van der Waals surface area contributed by atoms with E-state index in [-0.39, 0.29) is 29.6 Å². The molecule has 0 radical (unpaired) electrons. The fourth-order valence-electron chi connectivity index (χ4n) is 6.43. The van der Waals surface area contributed by atoms with E-state index in [0.29, 0.717) is 18.2 Å². The van der Waals surface area contributed by atoms with Crippen LogP contribution >= 0.6 is 0 Å². The van der Waals surface area contributed by atoms with Crippen molar-refractivity contribution in [1.82, 2.24) is 19.7 Å². The molecule has 7 nitrogen and oxygen atoms in total. The molecule has 1 aromatic heterocycles. The van der Waals surface area contributed by atoms with Gasteiger partial charge >= 0.3 is 6.03 Å². The van der Waals surface area contributed by atoms with Gasteiger partial charge in [0.2, 0.25) is 5.91 Å². The van der Waals surface area contributed by atoms with Crippen LogP contribution in [0.3, 0.4) is 0 Å². The summed E-state index contributed by atoms with van der Waals surface area (Å²) in [7, 11) is 4.35. The van der Waals surface area contributed by atoms with Crippen LogP contribution in [0.15, 0.2) is 48.7 Å². The molecule has 1 aromatic carbocycles. The number of nitrogens with one attached hydrogen (secondary N) is 1. The zero-order valence-corrected chi connectivity index (χ0v) is 21.9. The Bertz CT molecular complexity index is 1070. The largest absolute Gasteiger partial charge is 0.323 e. The summed E-state index contributed by atoms with van der Waals surface area (Å²) in [5.41, 5.74) is 2.68. The van der Waals surface area contributed by atoms with Gasteiger partial charge in [-0.25, -0.2) is 4.79 Å². The number of aromatic nitrogens is 1. The SMILES string of the molecule is Cc1ccc(NC(=O)CN2C[C@]3(CC[C@@](c4ccccc4)(N(C)C)CC3)N(CC3CCC3)C2=O)cn1. The molecule has 2 heterocycles. The van der Waals surface area contributed by atoms with E-state index in [1.54, 1.807) is 11.1 Å². The molecule has 36 heavy (non-hydrogen) atoms. The molecule has 3 aliphatic rings. The zero-order valence-electron chi connectivity index (χ0n) is 21.9. The van der Waals surface area contributed by atoms with Gasteiger partial charge in [0, 0.05) is 24.3 Å². The number of rotatable bonds is 7. The molecular formula is C29H39N5O2. The second-order valence-corrected chi connectivity index (χ2v) is 11.3. The maximum atomic E-state index is 13.7. The number of amides is 3. The number of aryl methyl sites for hydroxylation is 1. The molecule has 0 bridgehead atoms. The number of nitrogens with zero attached hydrogens (tertiary/aromatic N) is 4. The fraction of sp³-hybridized carbons (Fsp3) is 0.552. The van der Waals surface area contributed by atoms with Gasteiger partial charge in [0.1, 0.15) is 6.54 Å². The summed E-state index contributed by atoms with van der Waals surface area (Å²) in [6, 6.07) is 14.5. The predicted octanol–water partition coefficient (Wildman–Crippen LogP) is 4.64. The first kappa shape index (κ1) is 24.8. The molecule has 7 heteroatoms. The van der Waals surface area contributed by atoms with Crippen LogP contribution in [0.25, 0.3) is 0 Å². The summed E-state index contributed by atoms with van der Waals surface area (Å²) in [6.07, 6.45) is 9.19. The topological polar surface area (TPSA) is 68.8 Å². The Kier molecular flexibility index (Phi) is 6.77. The molecule has 5 rings (SSSR count). The number of hydrogen-bond donors (Lipinski definition) is 1. The van der Waals surface area contributed by atoms with Gasteiger partial charge in [-0.3, -0.25) is 14.7 Å². The summed E-state index contributed by atoms with van der Waals surface area (Å²) >= 11 is 0. The molecule has 0 unspecified atom stereocenters. The minimum Gasteiger partial charge on any atom is -0.323 e. The second kappa shape index (κ2) is 9.85. The maximum Gasteiger partial charge on any atom is 0.321 e. The lowest BCUT2D eigenvalue weighted by Crippen LogP contribution is -2.56. The first-order valence-electron chi connectivity index (χ1n) is 13.3. The van der Waals surface area contributed by atoms with Crippen molar-refractivity contribution < 1.29 is 9.59 Å². The minimum atomic E-state index is -0.202. The number of carbonyl (C=O) groups excluding carboxylic acids is 2. The van der Waals surface area contributed by atoms with Crippen molar-refractivity contribution in [3.05, 3.63) is 59.9 Å². The molecule has 2 saturated carbocycles. The molecule has 2 aromatic rings. The van der Waals surface area contributed by atoms with Crippen molar-refractivity contribution in [2.24, 2.45) is 5.92 Å². The Labute approximate surface area is 214 Å². The summed E-state index contributed by atoms with van der Waals surface area (Å²) in [6.45, 7) is 3.43. The fourth-order valence-corrected chi connectivity index (χ4v) is 6.43. The van der Waals surface area contributed by atoms with E-state index in [9.17, 15) is 9.59 Å². The first-order chi connectivity index (χ1) is 17.3. The molecule has 3 fully saturated rings. The molecular weight excluding hydrogens is 450 g/mol. The van der Waals surface area contributed by atoms with Crippen LogP contribution in [0.5, 0.6) is 0 Å². The highest BCUT2D eigenvalue weighted by molar-refractivity contribution is 5.94. The van der Waals surface area contributed by atoms with E-state index in [1.807, 2.05) is 19.1 Å². The number of carbonyl (C=O) groups is 2. The van der Waals surface area contributed by atoms with E-state index >= 15 is 0 Å². The summed E-state index contributed by atoms with van der Waals surface area (Å²) in [4.78, 5) is 37.1. The molecule has 3 amide bonds. The van der Waals surface area contributed by atoms with Crippen molar-refractivity contribution in [2.75, 3.05) is 39.0 Å². The average molecular weight is 490 g/mol. The van der Waals surface area contributed by atoms with E-state index in [1.165, 1.54) is 24.8 Å². The highest BCUT2D eigenvalue weighted by Crippen LogP contribution is 2.49. The van der Waals surface area contributed by atoms with Crippen molar-refractivity contribution >= 4 is 17.6 Å². The smallest absolute Gasteiger partial charge is 0.321 e. The van der Waals surface area contributed by atoms with Gasteiger partial charge in [0.15, 0.2) is 0 Å². The molecule has 1 N–H and O–H groups in total. The number of pyridine rings is 1. The normalized spacial score (nSPS) is 26.5. The summed E-state index contributed by atoms with van der Waals surface area (Å²) < 4.78 is 0. The van der Waals surface area contributed by atoms with Gasteiger partial charge in [-0.1, -0.05) is 36.8 Å². The van der Waals surface area contributed by atoms with Gasteiger partial charge in [-0.2, -0.15) is 0 Å². The maximum absolute atomic E-state index is 13.7. The number of anilines is 1. The Morgan fingerprint density at radius 3 is 2.39 bits per heavy atom. The first-order valence-corrected chi connectivity index (χ1v) is 13.3. The van der Waals surface area contributed by atoms with Crippen LogP contribution in [0, 0.1) is 12.8 Å². The third-order valence-electron chi connectivity index (χ3n) is 8.93. The highest BCUT2D eigenvalue weighted by atomic mass is 16.2. The second-order valence-electron chi connectivity index (χ2n) is 11.3. The third-order valence-corrected chi connectivity index (χ3v) is 8.93. The Morgan fingerprint density at radius 1 is 1.08 bits per heavy atom. The standard InChI is InChI=1S/C29H39N5O2/c1-22-12-13-25(18-30-22)31-26(35)20-33-21-28(34(27(33)36)19-23-8-7-9-23)14-16-29(17-15-28,32(2)3)24-10-5-4-6-11-24/h4-6,10-13,18,23H,7-9,14-17,19-21H2,1-3H3,(H,31,35)/t28-,29-. The lowest BCUT2D eigenvalue weighted by Gasteiger charge is -2.51. The average Bonchev–Trinajstić information content (AvgIpc) is 3.08. The van der Waals surface area contributed by atoms with E-state index < -0.39 is 0 Å².